The van der Waals surface area contributed by atoms with Crippen LogP contribution in [0, 0.1) is 5.92 Å². The molecule has 0 aromatic heterocycles. The fraction of sp³-hybridized carbons (Fsp3) is 0.562. The number of amides is 2. The van der Waals surface area contributed by atoms with Crippen LogP contribution in [0.5, 0.6) is 5.75 Å². The normalized spacial score (nSPS) is 16.3. The summed E-state index contributed by atoms with van der Waals surface area (Å²) in [6.45, 7) is 3.25. The molecule has 1 aromatic carbocycles. The summed E-state index contributed by atoms with van der Waals surface area (Å²) in [4.78, 5) is 13.7. The van der Waals surface area contributed by atoms with Crippen LogP contribution in [0.1, 0.15) is 30.9 Å². The number of nitrogens with zero attached hydrogens (tertiary/aromatic N) is 1. The SMILES string of the molecule is COc1ccc(CNC(=O)N2CCC(C)CC2)c(C(F)(F)F)c1. The molecule has 1 N–H and O–H groups in total. The van der Waals surface area contributed by atoms with Gasteiger partial charge in [-0.2, -0.15) is 13.2 Å². The molecular weight excluding hydrogens is 309 g/mol. The van der Waals surface area contributed by atoms with Crippen LogP contribution < -0.4 is 10.1 Å². The quantitative estimate of drug-likeness (QED) is 0.919. The van der Waals surface area contributed by atoms with Crippen LogP contribution in [0.2, 0.25) is 0 Å². The molecule has 0 saturated carbocycles. The Labute approximate surface area is 133 Å². The lowest BCUT2D eigenvalue weighted by atomic mass is 10.00. The van der Waals surface area contributed by atoms with Gasteiger partial charge in [0, 0.05) is 19.6 Å². The largest absolute Gasteiger partial charge is 0.497 e. The van der Waals surface area contributed by atoms with Gasteiger partial charge in [0.15, 0.2) is 0 Å². The number of ether oxygens (including phenoxy) is 1. The molecule has 0 atom stereocenters. The van der Waals surface area contributed by atoms with Crippen molar-refractivity contribution in [2.24, 2.45) is 5.92 Å². The van der Waals surface area contributed by atoms with Crippen molar-refractivity contribution >= 4 is 6.03 Å². The maximum absolute atomic E-state index is 13.1. The van der Waals surface area contributed by atoms with Gasteiger partial charge < -0.3 is 15.0 Å². The Hall–Kier alpha value is -1.92. The lowest BCUT2D eigenvalue weighted by Gasteiger charge is -2.30. The minimum atomic E-state index is -4.49. The van der Waals surface area contributed by atoms with Crippen molar-refractivity contribution in [2.75, 3.05) is 20.2 Å². The summed E-state index contributed by atoms with van der Waals surface area (Å²) < 4.78 is 44.2. The number of piperidine rings is 1. The zero-order valence-corrected chi connectivity index (χ0v) is 13.2. The van der Waals surface area contributed by atoms with E-state index >= 15 is 0 Å². The predicted molar refractivity (Wildman–Crippen MR) is 80.2 cm³/mol. The van der Waals surface area contributed by atoms with Crippen LogP contribution in [-0.2, 0) is 12.7 Å². The first kappa shape index (κ1) is 17.4. The van der Waals surface area contributed by atoms with Gasteiger partial charge >= 0.3 is 12.2 Å². The molecule has 0 radical (unpaired) electrons. The molecule has 0 unspecified atom stereocenters. The van der Waals surface area contributed by atoms with E-state index in [1.165, 1.54) is 19.2 Å². The third kappa shape index (κ3) is 4.53. The van der Waals surface area contributed by atoms with Crippen molar-refractivity contribution < 1.29 is 22.7 Å². The van der Waals surface area contributed by atoms with Crippen molar-refractivity contribution in [2.45, 2.75) is 32.5 Å². The molecule has 1 fully saturated rings. The highest BCUT2D eigenvalue weighted by atomic mass is 19.4. The third-order valence-electron chi connectivity index (χ3n) is 4.12. The summed E-state index contributed by atoms with van der Waals surface area (Å²) in [5.74, 6) is 0.717. The molecular formula is C16H21F3N2O2. The molecule has 4 nitrogen and oxygen atoms in total. The predicted octanol–water partition coefficient (Wildman–Crippen LogP) is 3.66. The number of likely N-dealkylation sites (tertiary alicyclic amines) is 1. The van der Waals surface area contributed by atoms with E-state index in [4.69, 9.17) is 4.74 Å². The Kier molecular flexibility index (Phi) is 5.38. The van der Waals surface area contributed by atoms with Gasteiger partial charge in [-0.1, -0.05) is 13.0 Å². The number of carbonyl (C=O) groups excluding carboxylic acids is 1. The molecule has 1 aliphatic rings. The molecule has 2 amide bonds. The number of urea groups is 1. The van der Waals surface area contributed by atoms with Gasteiger partial charge in [0.1, 0.15) is 5.75 Å². The standard InChI is InChI=1S/C16H21F3N2O2/c1-11-5-7-21(8-6-11)15(22)20-10-12-3-4-13(23-2)9-14(12)16(17,18)19/h3-4,9,11H,5-8,10H2,1-2H3,(H,20,22). The second-order valence-corrected chi connectivity index (χ2v) is 5.85. The minimum absolute atomic E-state index is 0.0250. The molecule has 0 aliphatic carbocycles. The first-order valence-electron chi connectivity index (χ1n) is 7.58. The van der Waals surface area contributed by atoms with Gasteiger partial charge in [0.05, 0.1) is 12.7 Å². The lowest BCUT2D eigenvalue weighted by Crippen LogP contribution is -2.44. The van der Waals surface area contributed by atoms with Crippen LogP contribution in [-0.4, -0.2) is 31.1 Å². The fourth-order valence-corrected chi connectivity index (χ4v) is 2.59. The Balaban J connectivity index is 2.04. The average Bonchev–Trinajstić information content (AvgIpc) is 2.52. The highest BCUT2D eigenvalue weighted by Gasteiger charge is 2.34. The van der Waals surface area contributed by atoms with Gasteiger partial charge in [-0.3, -0.25) is 0 Å². The van der Waals surface area contributed by atoms with E-state index in [9.17, 15) is 18.0 Å². The van der Waals surface area contributed by atoms with Gasteiger partial charge in [0.2, 0.25) is 0 Å². The summed E-state index contributed by atoms with van der Waals surface area (Å²) in [7, 11) is 1.31. The number of nitrogens with one attached hydrogen (secondary N) is 1. The van der Waals surface area contributed by atoms with E-state index in [0.29, 0.717) is 19.0 Å². The number of hydrogen-bond acceptors (Lipinski definition) is 2. The maximum Gasteiger partial charge on any atom is 0.416 e. The van der Waals surface area contributed by atoms with Gasteiger partial charge in [-0.15, -0.1) is 0 Å². The topological polar surface area (TPSA) is 41.6 Å². The van der Waals surface area contributed by atoms with Gasteiger partial charge in [-0.25, -0.2) is 4.79 Å². The highest BCUT2D eigenvalue weighted by Crippen LogP contribution is 2.34. The van der Waals surface area contributed by atoms with Crippen molar-refractivity contribution in [1.29, 1.82) is 0 Å². The summed E-state index contributed by atoms with van der Waals surface area (Å²) in [5.41, 5.74) is -0.763. The minimum Gasteiger partial charge on any atom is -0.497 e. The smallest absolute Gasteiger partial charge is 0.416 e. The molecule has 7 heteroatoms. The monoisotopic (exact) mass is 330 g/mol. The first-order valence-corrected chi connectivity index (χ1v) is 7.58. The highest BCUT2D eigenvalue weighted by molar-refractivity contribution is 5.74. The molecule has 1 aliphatic heterocycles. The Morgan fingerprint density at radius 1 is 1.35 bits per heavy atom. The van der Waals surface area contributed by atoms with Crippen molar-refractivity contribution in [3.05, 3.63) is 29.3 Å². The number of rotatable bonds is 3. The van der Waals surface area contributed by atoms with Crippen molar-refractivity contribution in [3.63, 3.8) is 0 Å². The van der Waals surface area contributed by atoms with Gasteiger partial charge in [0.25, 0.3) is 0 Å². The van der Waals surface area contributed by atoms with Crippen LogP contribution in [0.4, 0.5) is 18.0 Å². The number of hydrogen-bond donors (Lipinski definition) is 1. The molecule has 23 heavy (non-hydrogen) atoms. The number of halogens is 3. The molecule has 0 spiro atoms. The second kappa shape index (κ2) is 7.10. The molecule has 0 bridgehead atoms. The fourth-order valence-electron chi connectivity index (χ4n) is 2.59. The average molecular weight is 330 g/mol. The van der Waals surface area contributed by atoms with E-state index in [2.05, 4.69) is 12.2 Å². The van der Waals surface area contributed by atoms with Crippen LogP contribution in [0.25, 0.3) is 0 Å². The number of benzene rings is 1. The third-order valence-corrected chi connectivity index (χ3v) is 4.12. The van der Waals surface area contributed by atoms with E-state index in [1.807, 2.05) is 0 Å². The number of carbonyl (C=O) groups is 1. The summed E-state index contributed by atoms with van der Waals surface area (Å²) in [5, 5.41) is 2.58. The summed E-state index contributed by atoms with van der Waals surface area (Å²) in [6, 6.07) is 3.42. The van der Waals surface area contributed by atoms with E-state index in [-0.39, 0.29) is 23.9 Å². The zero-order chi connectivity index (χ0) is 17.0. The van der Waals surface area contributed by atoms with E-state index in [1.54, 1.807) is 4.90 Å². The molecule has 1 aromatic rings. The van der Waals surface area contributed by atoms with Crippen molar-refractivity contribution in [3.8, 4) is 5.75 Å². The summed E-state index contributed by atoms with van der Waals surface area (Å²) >= 11 is 0. The van der Waals surface area contributed by atoms with E-state index < -0.39 is 11.7 Å². The van der Waals surface area contributed by atoms with Crippen LogP contribution in [0.15, 0.2) is 18.2 Å². The number of methoxy groups -OCH3 is 1. The Morgan fingerprint density at radius 2 is 2.00 bits per heavy atom. The lowest BCUT2D eigenvalue weighted by molar-refractivity contribution is -0.138. The second-order valence-electron chi connectivity index (χ2n) is 5.85. The van der Waals surface area contributed by atoms with Gasteiger partial charge in [-0.05, 0) is 36.5 Å². The van der Waals surface area contributed by atoms with Crippen LogP contribution >= 0.6 is 0 Å². The molecule has 1 heterocycles. The maximum atomic E-state index is 13.1. The molecule has 128 valence electrons. The van der Waals surface area contributed by atoms with Crippen molar-refractivity contribution in [1.82, 2.24) is 10.2 Å². The molecule has 2 rings (SSSR count). The van der Waals surface area contributed by atoms with Crippen LogP contribution in [0.3, 0.4) is 0 Å². The Morgan fingerprint density at radius 3 is 2.57 bits per heavy atom. The molecule has 1 saturated heterocycles. The Bertz CT molecular complexity index is 553. The number of alkyl halides is 3. The first-order chi connectivity index (χ1) is 10.8. The summed E-state index contributed by atoms with van der Waals surface area (Å²) in [6.07, 6.45) is -2.65. The van der Waals surface area contributed by atoms with E-state index in [0.717, 1.165) is 18.9 Å². The zero-order valence-electron chi connectivity index (χ0n) is 13.2.